The number of halogens is 2. The van der Waals surface area contributed by atoms with Gasteiger partial charge in [-0.2, -0.15) is 11.8 Å². The van der Waals surface area contributed by atoms with Crippen molar-refractivity contribution in [2.45, 2.75) is 30.4 Å². The van der Waals surface area contributed by atoms with E-state index in [4.69, 9.17) is 0 Å². The third-order valence-electron chi connectivity index (χ3n) is 3.03. The second-order valence-electron chi connectivity index (χ2n) is 3.98. The first-order chi connectivity index (χ1) is 7.67. The van der Waals surface area contributed by atoms with Crippen LogP contribution in [0, 0.1) is 11.6 Å². The Labute approximate surface area is 98.6 Å². The molecule has 0 radical (unpaired) electrons. The fourth-order valence-corrected chi connectivity index (χ4v) is 3.60. The first-order valence-corrected chi connectivity index (χ1v) is 6.49. The number of hydrogen-bond acceptors (Lipinski definition) is 2. The molecule has 0 aromatic heterocycles. The average molecular weight is 243 g/mol. The summed E-state index contributed by atoms with van der Waals surface area (Å²) in [5.74, 6) is -0.212. The summed E-state index contributed by atoms with van der Waals surface area (Å²) in [4.78, 5) is 0. The number of benzene rings is 1. The Balaban J connectivity index is 2.48. The van der Waals surface area contributed by atoms with Crippen LogP contribution < -0.4 is 5.32 Å². The van der Waals surface area contributed by atoms with Gasteiger partial charge < -0.3 is 5.32 Å². The molecule has 0 saturated heterocycles. The van der Waals surface area contributed by atoms with E-state index >= 15 is 0 Å². The molecule has 4 heteroatoms. The fourth-order valence-electron chi connectivity index (χ4n) is 2.27. The normalized spacial score (nSPS) is 24.2. The first kappa shape index (κ1) is 11.9. The van der Waals surface area contributed by atoms with E-state index in [1.807, 2.05) is 7.05 Å². The van der Waals surface area contributed by atoms with Gasteiger partial charge in [0.25, 0.3) is 0 Å². The molecule has 1 heterocycles. The molecular formula is C12H15F2NS. The molecule has 1 aliphatic rings. The molecule has 0 spiro atoms. The summed E-state index contributed by atoms with van der Waals surface area (Å²) in [6.45, 7) is 2.09. The summed E-state index contributed by atoms with van der Waals surface area (Å²) < 4.78 is 26.9. The van der Waals surface area contributed by atoms with Gasteiger partial charge in [0.2, 0.25) is 0 Å². The molecular weight excluding hydrogens is 228 g/mol. The molecule has 1 aromatic rings. The zero-order chi connectivity index (χ0) is 11.7. The van der Waals surface area contributed by atoms with Crippen LogP contribution in [0.25, 0.3) is 0 Å². The highest BCUT2D eigenvalue weighted by atomic mass is 32.2. The van der Waals surface area contributed by atoms with Gasteiger partial charge >= 0.3 is 0 Å². The monoisotopic (exact) mass is 243 g/mol. The molecule has 2 rings (SSSR count). The van der Waals surface area contributed by atoms with Gasteiger partial charge in [0.05, 0.1) is 0 Å². The fraction of sp³-hybridized carbons (Fsp3) is 0.500. The lowest BCUT2D eigenvalue weighted by molar-refractivity contribution is 0.496. The van der Waals surface area contributed by atoms with Crippen molar-refractivity contribution < 1.29 is 8.78 Å². The van der Waals surface area contributed by atoms with Crippen LogP contribution in [0.2, 0.25) is 0 Å². The van der Waals surface area contributed by atoms with E-state index in [1.54, 1.807) is 11.8 Å². The minimum Gasteiger partial charge on any atom is -0.312 e. The maximum Gasteiger partial charge on any atom is 0.131 e. The van der Waals surface area contributed by atoms with Gasteiger partial charge in [0, 0.05) is 28.7 Å². The van der Waals surface area contributed by atoms with Gasteiger partial charge in [-0.25, -0.2) is 8.78 Å². The number of fused-ring (bicyclic) bond motifs is 1. The SMILES string of the molecule is CCC1SCc2cc(F)cc(F)c2C1NC. The molecule has 1 N–H and O–H groups in total. The van der Waals surface area contributed by atoms with E-state index in [0.717, 1.165) is 18.1 Å². The van der Waals surface area contributed by atoms with Crippen LogP contribution >= 0.6 is 11.8 Å². The summed E-state index contributed by atoms with van der Waals surface area (Å²) in [5.41, 5.74) is 1.43. The van der Waals surface area contributed by atoms with Crippen molar-refractivity contribution in [3.8, 4) is 0 Å². The molecule has 88 valence electrons. The molecule has 16 heavy (non-hydrogen) atoms. The van der Waals surface area contributed by atoms with E-state index in [2.05, 4.69) is 12.2 Å². The van der Waals surface area contributed by atoms with Gasteiger partial charge in [-0.05, 0) is 25.1 Å². The van der Waals surface area contributed by atoms with E-state index in [-0.39, 0.29) is 6.04 Å². The third kappa shape index (κ3) is 1.96. The van der Waals surface area contributed by atoms with Crippen LogP contribution in [0.3, 0.4) is 0 Å². The molecule has 1 aromatic carbocycles. The molecule has 0 saturated carbocycles. The Hall–Kier alpha value is -0.610. The highest BCUT2D eigenvalue weighted by Crippen LogP contribution is 2.40. The molecule has 0 amide bonds. The Morgan fingerprint density at radius 2 is 2.19 bits per heavy atom. The summed E-state index contributed by atoms with van der Waals surface area (Å²) in [7, 11) is 1.83. The maximum absolute atomic E-state index is 13.8. The predicted octanol–water partition coefficient (Wildman–Crippen LogP) is 3.25. The average Bonchev–Trinajstić information content (AvgIpc) is 2.27. The summed E-state index contributed by atoms with van der Waals surface area (Å²) in [6.07, 6.45) is 0.979. The van der Waals surface area contributed by atoms with Gasteiger partial charge in [0.15, 0.2) is 0 Å². The lowest BCUT2D eigenvalue weighted by Gasteiger charge is -2.32. The van der Waals surface area contributed by atoms with E-state index in [0.29, 0.717) is 16.6 Å². The third-order valence-corrected chi connectivity index (χ3v) is 4.54. The number of thioether (sulfide) groups is 1. The Morgan fingerprint density at radius 1 is 1.44 bits per heavy atom. The number of nitrogens with one attached hydrogen (secondary N) is 1. The smallest absolute Gasteiger partial charge is 0.131 e. The molecule has 0 aliphatic carbocycles. The van der Waals surface area contributed by atoms with E-state index in [9.17, 15) is 8.78 Å². The Morgan fingerprint density at radius 3 is 2.81 bits per heavy atom. The minimum absolute atomic E-state index is 0.0145. The van der Waals surface area contributed by atoms with Gasteiger partial charge in [-0.1, -0.05) is 6.92 Å². The lowest BCUT2D eigenvalue weighted by Crippen LogP contribution is -2.31. The van der Waals surface area contributed by atoms with Gasteiger partial charge in [0.1, 0.15) is 11.6 Å². The van der Waals surface area contributed by atoms with Crippen LogP contribution in [0.4, 0.5) is 8.78 Å². The summed E-state index contributed by atoms with van der Waals surface area (Å²) in [6, 6.07) is 2.41. The van der Waals surface area contributed by atoms with Crippen molar-refractivity contribution in [3.63, 3.8) is 0 Å². The van der Waals surface area contributed by atoms with Gasteiger partial charge in [-0.15, -0.1) is 0 Å². The second-order valence-corrected chi connectivity index (χ2v) is 5.21. The summed E-state index contributed by atoms with van der Waals surface area (Å²) in [5, 5.41) is 3.50. The predicted molar refractivity (Wildman–Crippen MR) is 63.5 cm³/mol. The first-order valence-electron chi connectivity index (χ1n) is 5.44. The van der Waals surface area contributed by atoms with Crippen molar-refractivity contribution in [2.75, 3.05) is 7.05 Å². The number of rotatable bonds is 2. The summed E-state index contributed by atoms with van der Waals surface area (Å²) >= 11 is 1.76. The van der Waals surface area contributed by atoms with Crippen molar-refractivity contribution in [3.05, 3.63) is 34.9 Å². The molecule has 2 atom stereocenters. The van der Waals surface area contributed by atoms with E-state index in [1.165, 1.54) is 6.07 Å². The van der Waals surface area contributed by atoms with Crippen LogP contribution in [0.1, 0.15) is 30.5 Å². The molecule has 1 nitrogen and oxygen atoms in total. The zero-order valence-corrected chi connectivity index (χ0v) is 10.2. The van der Waals surface area contributed by atoms with Crippen LogP contribution in [0.5, 0.6) is 0 Å². The topological polar surface area (TPSA) is 12.0 Å². The van der Waals surface area contributed by atoms with Gasteiger partial charge in [-0.3, -0.25) is 0 Å². The highest BCUT2D eigenvalue weighted by molar-refractivity contribution is 7.99. The van der Waals surface area contributed by atoms with Crippen LogP contribution in [-0.4, -0.2) is 12.3 Å². The second kappa shape index (κ2) is 4.72. The molecule has 2 unspecified atom stereocenters. The molecule has 0 bridgehead atoms. The Kier molecular flexibility index (Phi) is 3.50. The van der Waals surface area contributed by atoms with Crippen molar-refractivity contribution in [2.24, 2.45) is 0 Å². The minimum atomic E-state index is -0.485. The number of hydrogen-bond donors (Lipinski definition) is 1. The highest BCUT2D eigenvalue weighted by Gasteiger charge is 2.30. The van der Waals surface area contributed by atoms with E-state index < -0.39 is 11.6 Å². The maximum atomic E-state index is 13.8. The Bertz CT molecular complexity index is 395. The quantitative estimate of drug-likeness (QED) is 0.855. The largest absolute Gasteiger partial charge is 0.312 e. The van der Waals surface area contributed by atoms with Crippen LogP contribution in [0.15, 0.2) is 12.1 Å². The lowest BCUT2D eigenvalue weighted by atomic mass is 9.96. The zero-order valence-electron chi connectivity index (χ0n) is 9.39. The molecule has 1 aliphatic heterocycles. The van der Waals surface area contributed by atoms with Crippen molar-refractivity contribution in [1.29, 1.82) is 0 Å². The van der Waals surface area contributed by atoms with Crippen molar-refractivity contribution >= 4 is 11.8 Å². The van der Waals surface area contributed by atoms with Crippen molar-refractivity contribution in [1.82, 2.24) is 5.32 Å². The molecule has 0 fully saturated rings. The standard InChI is InChI=1S/C12H15F2NS/c1-3-10-12(15-2)11-7(6-16-10)4-8(13)5-9(11)14/h4-5,10,12,15H,3,6H2,1-2H3. The van der Waals surface area contributed by atoms with Crippen LogP contribution in [-0.2, 0) is 5.75 Å².